The molecule has 0 radical (unpaired) electrons. The zero-order valence-corrected chi connectivity index (χ0v) is 8.63. The molecule has 0 heterocycles. The van der Waals surface area contributed by atoms with Crippen molar-refractivity contribution in [2.75, 3.05) is 0 Å². The fourth-order valence-electron chi connectivity index (χ4n) is 0.701. The molecule has 0 aliphatic heterocycles. The lowest BCUT2D eigenvalue weighted by Crippen LogP contribution is -1.88. The number of rotatable bonds is 3. The molecule has 0 saturated carbocycles. The molecule has 0 fully saturated rings. The van der Waals surface area contributed by atoms with Crippen LogP contribution in [0, 0.1) is 5.92 Å². The molecular formula is C10H18N2. The summed E-state index contributed by atoms with van der Waals surface area (Å²) in [6.07, 6.45) is 3.94. The van der Waals surface area contributed by atoms with E-state index in [9.17, 15) is 0 Å². The Bertz CT molecular complexity index is 210. The van der Waals surface area contributed by atoms with Crippen molar-refractivity contribution in [2.24, 2.45) is 16.1 Å². The second-order valence-electron chi connectivity index (χ2n) is 3.00. The van der Waals surface area contributed by atoms with Gasteiger partial charge in [0.05, 0.1) is 11.4 Å². The van der Waals surface area contributed by atoms with E-state index in [2.05, 4.69) is 24.1 Å². The molecule has 0 unspecified atom stereocenters. The van der Waals surface area contributed by atoms with Crippen molar-refractivity contribution in [3.63, 3.8) is 0 Å². The van der Waals surface area contributed by atoms with Gasteiger partial charge in [-0.25, -0.2) is 0 Å². The van der Waals surface area contributed by atoms with Crippen LogP contribution in [0.15, 0.2) is 33.8 Å². The Morgan fingerprint density at radius 2 is 1.67 bits per heavy atom. The van der Waals surface area contributed by atoms with Crippen LogP contribution in [0.1, 0.15) is 34.6 Å². The Kier molecular flexibility index (Phi) is 5.26. The molecule has 0 saturated heterocycles. The summed E-state index contributed by atoms with van der Waals surface area (Å²) in [6.45, 7) is 10.1. The standard InChI is InChI=1S/C10H18N2/c1-6-9(5)11-12-10(7-2)8(3)4/h6-8H,1-5H3/b9-6-,10-7-,12-11-. The maximum atomic E-state index is 4.13. The molecule has 0 atom stereocenters. The molecule has 0 N–H and O–H groups in total. The molecule has 0 bridgehead atoms. The van der Waals surface area contributed by atoms with Crippen LogP contribution < -0.4 is 0 Å². The molecule has 0 aromatic rings. The number of hydrogen-bond donors (Lipinski definition) is 0. The van der Waals surface area contributed by atoms with E-state index in [0.717, 1.165) is 11.4 Å². The average Bonchev–Trinajstić information content (AvgIpc) is 2.04. The Morgan fingerprint density at radius 3 is 2.00 bits per heavy atom. The SMILES string of the molecule is C\C=C(C)/N=N\C(=C/C)C(C)C. The van der Waals surface area contributed by atoms with Crippen molar-refractivity contribution in [3.8, 4) is 0 Å². The first kappa shape index (κ1) is 11.1. The van der Waals surface area contributed by atoms with E-state index < -0.39 is 0 Å². The summed E-state index contributed by atoms with van der Waals surface area (Å²) in [6, 6.07) is 0. The molecule has 0 aromatic carbocycles. The zero-order valence-electron chi connectivity index (χ0n) is 8.63. The molecule has 68 valence electrons. The van der Waals surface area contributed by atoms with Crippen LogP contribution >= 0.6 is 0 Å². The maximum Gasteiger partial charge on any atom is 0.0613 e. The minimum Gasteiger partial charge on any atom is -0.156 e. The molecular weight excluding hydrogens is 148 g/mol. The molecule has 0 aliphatic carbocycles. The maximum absolute atomic E-state index is 4.13. The normalized spacial score (nSPS) is 14.8. The van der Waals surface area contributed by atoms with Crippen molar-refractivity contribution in [2.45, 2.75) is 34.6 Å². The van der Waals surface area contributed by atoms with E-state index in [1.54, 1.807) is 0 Å². The van der Waals surface area contributed by atoms with Crippen LogP contribution in [0.5, 0.6) is 0 Å². The lowest BCUT2D eigenvalue weighted by Gasteiger charge is -2.02. The number of allylic oxidation sites excluding steroid dienone is 4. The molecule has 2 heteroatoms. The predicted octanol–water partition coefficient (Wildman–Crippen LogP) is 3.92. The van der Waals surface area contributed by atoms with Crippen LogP contribution in [0.2, 0.25) is 0 Å². The molecule has 12 heavy (non-hydrogen) atoms. The molecule has 2 nitrogen and oxygen atoms in total. The van der Waals surface area contributed by atoms with Gasteiger partial charge in [0, 0.05) is 0 Å². The number of azo groups is 1. The summed E-state index contributed by atoms with van der Waals surface area (Å²) in [5, 5.41) is 8.18. The summed E-state index contributed by atoms with van der Waals surface area (Å²) in [5.74, 6) is 0.448. The number of hydrogen-bond acceptors (Lipinski definition) is 2. The lowest BCUT2D eigenvalue weighted by atomic mass is 10.1. The Labute approximate surface area is 75.1 Å². The Hall–Kier alpha value is -0.920. The summed E-state index contributed by atoms with van der Waals surface area (Å²) in [5.41, 5.74) is 1.99. The van der Waals surface area contributed by atoms with Gasteiger partial charge in [0.25, 0.3) is 0 Å². The lowest BCUT2D eigenvalue weighted by molar-refractivity contribution is 0.736. The van der Waals surface area contributed by atoms with Crippen LogP contribution in [0.25, 0.3) is 0 Å². The topological polar surface area (TPSA) is 24.7 Å². The van der Waals surface area contributed by atoms with Crippen LogP contribution in [-0.2, 0) is 0 Å². The van der Waals surface area contributed by atoms with Gasteiger partial charge in [0.15, 0.2) is 0 Å². The van der Waals surface area contributed by atoms with Gasteiger partial charge in [-0.15, -0.1) is 0 Å². The van der Waals surface area contributed by atoms with E-state index in [1.807, 2.05) is 32.9 Å². The number of nitrogens with zero attached hydrogens (tertiary/aromatic N) is 2. The fraction of sp³-hybridized carbons (Fsp3) is 0.600. The van der Waals surface area contributed by atoms with Gasteiger partial charge in [-0.3, -0.25) is 0 Å². The van der Waals surface area contributed by atoms with Gasteiger partial charge >= 0.3 is 0 Å². The van der Waals surface area contributed by atoms with Crippen LogP contribution in [-0.4, -0.2) is 0 Å². The highest BCUT2D eigenvalue weighted by Gasteiger charge is 1.98. The first-order valence-corrected chi connectivity index (χ1v) is 4.32. The smallest absolute Gasteiger partial charge is 0.0613 e. The summed E-state index contributed by atoms with van der Waals surface area (Å²) >= 11 is 0. The van der Waals surface area contributed by atoms with Crippen molar-refractivity contribution in [1.82, 2.24) is 0 Å². The molecule has 0 amide bonds. The molecule has 0 spiro atoms. The summed E-state index contributed by atoms with van der Waals surface area (Å²) < 4.78 is 0. The molecule has 0 aliphatic rings. The minimum atomic E-state index is 0.448. The third-order valence-corrected chi connectivity index (χ3v) is 1.63. The first-order valence-electron chi connectivity index (χ1n) is 4.32. The minimum absolute atomic E-state index is 0.448. The molecule has 0 aromatic heterocycles. The van der Waals surface area contributed by atoms with E-state index >= 15 is 0 Å². The third-order valence-electron chi connectivity index (χ3n) is 1.63. The highest BCUT2D eigenvalue weighted by atomic mass is 15.1. The van der Waals surface area contributed by atoms with E-state index in [1.165, 1.54) is 0 Å². The highest BCUT2D eigenvalue weighted by Crippen LogP contribution is 2.12. The van der Waals surface area contributed by atoms with E-state index in [0.29, 0.717) is 5.92 Å². The van der Waals surface area contributed by atoms with Gasteiger partial charge in [-0.2, -0.15) is 10.2 Å². The van der Waals surface area contributed by atoms with E-state index in [-0.39, 0.29) is 0 Å². The van der Waals surface area contributed by atoms with Crippen molar-refractivity contribution in [3.05, 3.63) is 23.5 Å². The van der Waals surface area contributed by atoms with Gasteiger partial charge < -0.3 is 0 Å². The van der Waals surface area contributed by atoms with Gasteiger partial charge in [0.2, 0.25) is 0 Å². The fourth-order valence-corrected chi connectivity index (χ4v) is 0.701. The quantitative estimate of drug-likeness (QED) is 0.568. The van der Waals surface area contributed by atoms with Gasteiger partial charge in [-0.1, -0.05) is 26.0 Å². The zero-order chi connectivity index (χ0) is 9.56. The first-order chi connectivity index (χ1) is 5.61. The second-order valence-corrected chi connectivity index (χ2v) is 3.00. The largest absolute Gasteiger partial charge is 0.156 e. The van der Waals surface area contributed by atoms with Crippen molar-refractivity contribution in [1.29, 1.82) is 0 Å². The van der Waals surface area contributed by atoms with Crippen LogP contribution in [0.4, 0.5) is 0 Å². The Balaban J connectivity index is 4.32. The predicted molar refractivity (Wildman–Crippen MR) is 52.9 cm³/mol. The molecule has 0 rings (SSSR count). The van der Waals surface area contributed by atoms with Gasteiger partial charge in [-0.05, 0) is 26.7 Å². The van der Waals surface area contributed by atoms with E-state index in [4.69, 9.17) is 0 Å². The summed E-state index contributed by atoms with van der Waals surface area (Å²) in [7, 11) is 0. The highest BCUT2D eigenvalue weighted by molar-refractivity contribution is 5.02. The third kappa shape index (κ3) is 4.06. The van der Waals surface area contributed by atoms with Crippen LogP contribution in [0.3, 0.4) is 0 Å². The summed E-state index contributed by atoms with van der Waals surface area (Å²) in [4.78, 5) is 0. The van der Waals surface area contributed by atoms with Crippen molar-refractivity contribution >= 4 is 0 Å². The van der Waals surface area contributed by atoms with Crippen molar-refractivity contribution < 1.29 is 0 Å². The van der Waals surface area contributed by atoms with Gasteiger partial charge in [0.1, 0.15) is 0 Å². The second kappa shape index (κ2) is 5.70. The monoisotopic (exact) mass is 166 g/mol. The Morgan fingerprint density at radius 1 is 1.08 bits per heavy atom. The average molecular weight is 166 g/mol.